The van der Waals surface area contributed by atoms with Crippen LogP contribution in [0.5, 0.6) is 0 Å². The summed E-state index contributed by atoms with van der Waals surface area (Å²) in [7, 11) is 0. The molecule has 0 radical (unpaired) electrons. The van der Waals surface area contributed by atoms with Gasteiger partial charge in [-0.15, -0.1) is 6.58 Å². The normalized spacial score (nSPS) is 14.2. The van der Waals surface area contributed by atoms with Crippen molar-refractivity contribution in [1.29, 1.82) is 0 Å². The minimum atomic E-state index is 0.590. The molecule has 0 aromatic heterocycles. The topological polar surface area (TPSA) is 0 Å². The third-order valence-corrected chi connectivity index (χ3v) is 2.86. The SMILES string of the molecule is C=CC(C)CC(CC=C(C)C)=C(C)CC. The largest absolute Gasteiger partial charge is 0.103 e. The van der Waals surface area contributed by atoms with Crippen LogP contribution in [0.1, 0.15) is 53.9 Å². The first-order chi connectivity index (χ1) is 7.01. The zero-order chi connectivity index (χ0) is 11.8. The monoisotopic (exact) mass is 206 g/mol. The molecule has 0 aliphatic heterocycles. The van der Waals surface area contributed by atoms with E-state index in [0.29, 0.717) is 5.92 Å². The van der Waals surface area contributed by atoms with Gasteiger partial charge < -0.3 is 0 Å². The molecule has 0 aromatic carbocycles. The van der Waals surface area contributed by atoms with Gasteiger partial charge in [0, 0.05) is 0 Å². The van der Waals surface area contributed by atoms with Crippen molar-refractivity contribution in [2.75, 3.05) is 0 Å². The molecular weight excluding hydrogens is 180 g/mol. The van der Waals surface area contributed by atoms with E-state index in [4.69, 9.17) is 0 Å². The summed E-state index contributed by atoms with van der Waals surface area (Å²) in [5.41, 5.74) is 4.54. The lowest BCUT2D eigenvalue weighted by atomic mass is 9.93. The van der Waals surface area contributed by atoms with Crippen molar-refractivity contribution in [2.24, 2.45) is 5.92 Å². The first-order valence-corrected chi connectivity index (χ1v) is 5.94. The molecule has 1 atom stereocenters. The maximum absolute atomic E-state index is 3.86. The van der Waals surface area contributed by atoms with Crippen LogP contribution in [-0.2, 0) is 0 Å². The highest BCUT2D eigenvalue weighted by molar-refractivity contribution is 5.17. The van der Waals surface area contributed by atoms with E-state index in [1.807, 2.05) is 6.08 Å². The molecule has 86 valence electrons. The summed E-state index contributed by atoms with van der Waals surface area (Å²) in [6.45, 7) is 14.9. The Hall–Kier alpha value is -0.780. The van der Waals surface area contributed by atoms with Gasteiger partial charge in [0.25, 0.3) is 0 Å². The Labute approximate surface area is 95.8 Å². The number of hydrogen-bond acceptors (Lipinski definition) is 0. The average Bonchev–Trinajstić information content (AvgIpc) is 2.22. The molecule has 0 saturated heterocycles. The van der Waals surface area contributed by atoms with E-state index in [1.54, 1.807) is 11.1 Å². The number of allylic oxidation sites excluding steroid dienone is 5. The van der Waals surface area contributed by atoms with Crippen LogP contribution in [0.3, 0.4) is 0 Å². The van der Waals surface area contributed by atoms with Crippen LogP contribution in [-0.4, -0.2) is 0 Å². The summed E-state index contributed by atoms with van der Waals surface area (Å²) >= 11 is 0. The maximum Gasteiger partial charge on any atom is -0.0134 e. The van der Waals surface area contributed by atoms with Gasteiger partial charge in [0.15, 0.2) is 0 Å². The molecule has 15 heavy (non-hydrogen) atoms. The molecule has 0 aliphatic rings. The van der Waals surface area contributed by atoms with Crippen molar-refractivity contribution in [1.82, 2.24) is 0 Å². The van der Waals surface area contributed by atoms with E-state index in [1.165, 1.54) is 5.57 Å². The van der Waals surface area contributed by atoms with Crippen LogP contribution in [0.15, 0.2) is 35.5 Å². The van der Waals surface area contributed by atoms with E-state index in [9.17, 15) is 0 Å². The van der Waals surface area contributed by atoms with Gasteiger partial charge in [-0.05, 0) is 46.0 Å². The lowest BCUT2D eigenvalue weighted by Gasteiger charge is -2.13. The van der Waals surface area contributed by atoms with Gasteiger partial charge in [0.05, 0.1) is 0 Å². The molecule has 0 fully saturated rings. The summed E-state index contributed by atoms with van der Waals surface area (Å²) in [6.07, 6.45) is 7.80. The lowest BCUT2D eigenvalue weighted by Crippen LogP contribution is -1.96. The molecule has 1 unspecified atom stereocenters. The van der Waals surface area contributed by atoms with Gasteiger partial charge in [-0.3, -0.25) is 0 Å². The Kier molecular flexibility index (Phi) is 7.11. The van der Waals surface area contributed by atoms with Crippen molar-refractivity contribution in [3.63, 3.8) is 0 Å². The van der Waals surface area contributed by atoms with Crippen molar-refractivity contribution < 1.29 is 0 Å². The predicted octanol–water partition coefficient (Wildman–Crippen LogP) is 5.28. The number of hydrogen-bond donors (Lipinski definition) is 0. The Balaban J connectivity index is 4.60. The molecule has 0 bridgehead atoms. The Morgan fingerprint density at radius 3 is 2.27 bits per heavy atom. The molecule has 0 heteroatoms. The first kappa shape index (κ1) is 14.2. The molecule has 0 saturated carbocycles. The van der Waals surface area contributed by atoms with E-state index in [-0.39, 0.29) is 0 Å². The van der Waals surface area contributed by atoms with Crippen LogP contribution in [0.25, 0.3) is 0 Å². The zero-order valence-electron chi connectivity index (χ0n) is 11.1. The maximum atomic E-state index is 3.86. The first-order valence-electron chi connectivity index (χ1n) is 5.94. The molecular formula is C15H26. The molecule has 0 spiro atoms. The lowest BCUT2D eigenvalue weighted by molar-refractivity contribution is 0.697. The van der Waals surface area contributed by atoms with Crippen LogP contribution in [0.4, 0.5) is 0 Å². The summed E-state index contributed by atoms with van der Waals surface area (Å²) < 4.78 is 0. The highest BCUT2D eigenvalue weighted by atomic mass is 14.1. The number of rotatable bonds is 6. The molecule has 0 rings (SSSR count). The fraction of sp³-hybridized carbons (Fsp3) is 0.600. The second kappa shape index (κ2) is 7.50. The quantitative estimate of drug-likeness (QED) is 0.518. The Morgan fingerprint density at radius 1 is 1.27 bits per heavy atom. The third kappa shape index (κ3) is 6.33. The fourth-order valence-electron chi connectivity index (χ4n) is 1.48. The summed E-state index contributed by atoms with van der Waals surface area (Å²) in [6, 6.07) is 0. The Bertz CT molecular complexity index is 249. The van der Waals surface area contributed by atoms with E-state index >= 15 is 0 Å². The van der Waals surface area contributed by atoms with E-state index in [0.717, 1.165) is 19.3 Å². The predicted molar refractivity (Wildman–Crippen MR) is 71.0 cm³/mol. The third-order valence-electron chi connectivity index (χ3n) is 2.86. The van der Waals surface area contributed by atoms with E-state index in [2.05, 4.69) is 47.3 Å². The van der Waals surface area contributed by atoms with Crippen molar-refractivity contribution in [3.8, 4) is 0 Å². The van der Waals surface area contributed by atoms with Crippen LogP contribution in [0.2, 0.25) is 0 Å². The minimum absolute atomic E-state index is 0.590. The molecule has 0 nitrogen and oxygen atoms in total. The second-order valence-corrected chi connectivity index (χ2v) is 4.64. The van der Waals surface area contributed by atoms with Crippen molar-refractivity contribution in [3.05, 3.63) is 35.5 Å². The molecule has 0 heterocycles. The molecule has 0 aliphatic carbocycles. The molecule has 0 amide bonds. The highest BCUT2D eigenvalue weighted by Gasteiger charge is 2.04. The summed E-state index contributed by atoms with van der Waals surface area (Å²) in [5.74, 6) is 0.590. The smallest absolute Gasteiger partial charge is 0.0134 e. The summed E-state index contributed by atoms with van der Waals surface area (Å²) in [5, 5.41) is 0. The van der Waals surface area contributed by atoms with Crippen molar-refractivity contribution >= 4 is 0 Å². The molecule has 0 aromatic rings. The standard InChI is InChI=1S/C15H26/c1-7-13(5)11-15(14(6)8-2)10-9-12(3)4/h7,9,13H,1,8,10-11H2,2-6H3. The highest BCUT2D eigenvalue weighted by Crippen LogP contribution is 2.22. The van der Waals surface area contributed by atoms with Crippen molar-refractivity contribution in [2.45, 2.75) is 53.9 Å². The average molecular weight is 206 g/mol. The summed E-state index contributed by atoms with van der Waals surface area (Å²) in [4.78, 5) is 0. The van der Waals surface area contributed by atoms with Gasteiger partial charge in [0.1, 0.15) is 0 Å². The zero-order valence-corrected chi connectivity index (χ0v) is 11.1. The van der Waals surface area contributed by atoms with Gasteiger partial charge in [-0.25, -0.2) is 0 Å². The van der Waals surface area contributed by atoms with Gasteiger partial charge in [-0.2, -0.15) is 0 Å². The fourth-order valence-corrected chi connectivity index (χ4v) is 1.48. The minimum Gasteiger partial charge on any atom is -0.103 e. The second-order valence-electron chi connectivity index (χ2n) is 4.64. The van der Waals surface area contributed by atoms with Crippen LogP contribution >= 0.6 is 0 Å². The van der Waals surface area contributed by atoms with Crippen LogP contribution < -0.4 is 0 Å². The van der Waals surface area contributed by atoms with Gasteiger partial charge >= 0.3 is 0 Å². The van der Waals surface area contributed by atoms with Gasteiger partial charge in [-0.1, -0.05) is 42.7 Å². The molecule has 0 N–H and O–H groups in total. The van der Waals surface area contributed by atoms with E-state index < -0.39 is 0 Å². The Morgan fingerprint density at radius 2 is 1.87 bits per heavy atom. The van der Waals surface area contributed by atoms with Gasteiger partial charge in [0.2, 0.25) is 0 Å². The van der Waals surface area contributed by atoms with Crippen LogP contribution in [0, 0.1) is 5.92 Å².